The van der Waals surface area contributed by atoms with Crippen LogP contribution >= 0.6 is 0 Å². The summed E-state index contributed by atoms with van der Waals surface area (Å²) in [5.41, 5.74) is 11.7. The van der Waals surface area contributed by atoms with Gasteiger partial charge in [0.25, 0.3) is 0 Å². The van der Waals surface area contributed by atoms with Crippen LogP contribution in [0.1, 0.15) is 41.5 Å². The second kappa shape index (κ2) is 13.2. The number of anilines is 6. The fourth-order valence-electron chi connectivity index (χ4n) is 7.75. The minimum atomic E-state index is -1.85. The average Bonchev–Trinajstić information content (AvgIpc) is 3.65. The van der Waals surface area contributed by atoms with Crippen LogP contribution in [0.15, 0.2) is 133 Å². The molecule has 0 aliphatic carbocycles. The molecule has 8 rings (SSSR count). The summed E-state index contributed by atoms with van der Waals surface area (Å²) in [5, 5.41) is 16.6. The number of para-hydroxylation sites is 2. The van der Waals surface area contributed by atoms with Crippen molar-refractivity contribution in [2.75, 3.05) is 16.0 Å². The SMILES string of the molecule is CC(C)(C)[Si](C)(C)n1c2ccccc2c2cc(Nc3ccc(Nc4ccc(Nc5ccc6c(c5)c5ccccc5n6[Si](C)(C)C(C)(C)C)cc4)cc3)ccc21. The molecule has 0 amide bonds. The van der Waals surface area contributed by atoms with Crippen LogP contribution < -0.4 is 16.0 Å². The summed E-state index contributed by atoms with van der Waals surface area (Å²) >= 11 is 0. The van der Waals surface area contributed by atoms with Crippen LogP contribution in [0.4, 0.5) is 34.1 Å². The summed E-state index contributed by atoms with van der Waals surface area (Å²) in [5.74, 6) is 0. The quantitative estimate of drug-likeness (QED) is 0.135. The van der Waals surface area contributed by atoms with Crippen LogP contribution in [0, 0.1) is 0 Å². The lowest BCUT2D eigenvalue weighted by atomic mass is 10.1. The molecule has 280 valence electrons. The molecule has 0 radical (unpaired) electrons. The van der Waals surface area contributed by atoms with Gasteiger partial charge in [-0.1, -0.05) is 104 Å². The molecule has 55 heavy (non-hydrogen) atoms. The highest BCUT2D eigenvalue weighted by Crippen LogP contribution is 2.44. The fraction of sp³-hybridized carbons (Fsp3) is 0.250. The molecule has 0 spiro atoms. The van der Waals surface area contributed by atoms with Crippen molar-refractivity contribution in [1.29, 1.82) is 0 Å². The molecule has 0 aliphatic heterocycles. The first-order chi connectivity index (χ1) is 26.0. The Hall–Kier alpha value is -5.25. The van der Waals surface area contributed by atoms with Crippen LogP contribution in [-0.2, 0) is 0 Å². The summed E-state index contributed by atoms with van der Waals surface area (Å²) in [6.45, 7) is 24.3. The van der Waals surface area contributed by atoms with Crippen LogP contribution in [0.25, 0.3) is 43.6 Å². The Kier molecular flexibility index (Phi) is 8.82. The zero-order valence-corrected chi connectivity index (χ0v) is 36.1. The van der Waals surface area contributed by atoms with Crippen molar-refractivity contribution in [2.45, 2.75) is 77.8 Å². The number of aromatic nitrogens is 2. The molecule has 0 saturated carbocycles. The molecule has 8 aromatic rings. The summed E-state index contributed by atoms with van der Waals surface area (Å²) in [4.78, 5) is 0. The third-order valence-corrected chi connectivity index (χ3v) is 23.3. The van der Waals surface area contributed by atoms with Crippen molar-refractivity contribution in [3.05, 3.63) is 133 Å². The zero-order valence-electron chi connectivity index (χ0n) is 34.1. The second-order valence-electron chi connectivity index (χ2n) is 18.3. The number of hydrogen-bond acceptors (Lipinski definition) is 3. The standard InChI is InChI=1S/C48H55N5Si2/c1-47(2,3)54(7,8)52-43-17-13-11-15-39(43)41-31-37(27-29-45(41)52)50-35-23-19-33(20-24-35)49-34-21-25-36(26-22-34)51-38-28-30-46-42(32-38)40-16-12-14-18-44(40)53(46)55(9,10)48(4,5)6/h11-32,49-51H,1-10H3. The monoisotopic (exact) mass is 757 g/mol. The van der Waals surface area contributed by atoms with E-state index < -0.39 is 16.5 Å². The van der Waals surface area contributed by atoms with Gasteiger partial charge in [0.2, 0.25) is 0 Å². The Bertz CT molecular complexity index is 2500. The molecule has 6 aromatic carbocycles. The lowest BCUT2D eigenvalue weighted by molar-refractivity contribution is 0.705. The summed E-state index contributed by atoms with van der Waals surface area (Å²) < 4.78 is 5.33. The Labute approximate surface area is 328 Å². The highest BCUT2D eigenvalue weighted by atomic mass is 28.3. The first kappa shape index (κ1) is 36.7. The minimum Gasteiger partial charge on any atom is -0.368 e. The van der Waals surface area contributed by atoms with Crippen LogP contribution in [0.2, 0.25) is 36.3 Å². The number of rotatable bonds is 8. The van der Waals surface area contributed by atoms with E-state index in [0.29, 0.717) is 0 Å². The second-order valence-corrected chi connectivity index (χ2v) is 28.4. The topological polar surface area (TPSA) is 46.0 Å². The number of hydrogen-bond donors (Lipinski definition) is 3. The first-order valence-electron chi connectivity index (χ1n) is 19.6. The highest BCUT2D eigenvalue weighted by Gasteiger charge is 2.40. The van der Waals surface area contributed by atoms with E-state index >= 15 is 0 Å². The maximum atomic E-state index is 3.66. The maximum absolute atomic E-state index is 3.66. The molecule has 0 atom stereocenters. The van der Waals surface area contributed by atoms with E-state index in [1.165, 1.54) is 43.6 Å². The molecule has 2 heterocycles. The molecule has 2 aromatic heterocycles. The summed E-state index contributed by atoms with van der Waals surface area (Å²) in [6.07, 6.45) is 0. The van der Waals surface area contributed by atoms with E-state index in [1.807, 2.05) is 0 Å². The van der Waals surface area contributed by atoms with E-state index in [4.69, 9.17) is 0 Å². The van der Waals surface area contributed by atoms with Gasteiger partial charge in [-0.25, -0.2) is 0 Å². The molecular weight excluding hydrogens is 703 g/mol. The Morgan fingerprint density at radius 2 is 0.618 bits per heavy atom. The molecule has 3 N–H and O–H groups in total. The van der Waals surface area contributed by atoms with E-state index in [9.17, 15) is 0 Å². The number of benzene rings is 6. The van der Waals surface area contributed by atoms with Gasteiger partial charge < -0.3 is 24.4 Å². The van der Waals surface area contributed by atoms with Gasteiger partial charge >= 0.3 is 0 Å². The third-order valence-electron chi connectivity index (χ3n) is 12.8. The van der Waals surface area contributed by atoms with Crippen LogP contribution in [-0.4, -0.2) is 24.9 Å². The van der Waals surface area contributed by atoms with Crippen molar-refractivity contribution >= 4 is 94.2 Å². The van der Waals surface area contributed by atoms with Crippen LogP contribution in [0.3, 0.4) is 0 Å². The summed E-state index contributed by atoms with van der Waals surface area (Å²) in [7, 11) is -3.70. The lowest BCUT2D eigenvalue weighted by Gasteiger charge is -2.39. The molecule has 0 unspecified atom stereocenters. The molecule has 7 heteroatoms. The van der Waals surface area contributed by atoms with E-state index in [1.54, 1.807) is 0 Å². The van der Waals surface area contributed by atoms with Crippen molar-refractivity contribution in [1.82, 2.24) is 8.47 Å². The van der Waals surface area contributed by atoms with Gasteiger partial charge in [-0.15, -0.1) is 0 Å². The van der Waals surface area contributed by atoms with Crippen LogP contribution in [0.5, 0.6) is 0 Å². The molecule has 0 aliphatic rings. The normalized spacial score (nSPS) is 12.9. The molecular formula is C48H55N5Si2. The number of fused-ring (bicyclic) bond motifs is 6. The van der Waals surface area contributed by atoms with Crippen molar-refractivity contribution in [3.63, 3.8) is 0 Å². The van der Waals surface area contributed by atoms with E-state index in [2.05, 4.69) is 226 Å². The average molecular weight is 758 g/mol. The van der Waals surface area contributed by atoms with Gasteiger partial charge in [0.15, 0.2) is 16.5 Å². The minimum absolute atomic E-state index is 0.220. The Morgan fingerprint density at radius 3 is 0.945 bits per heavy atom. The fourth-order valence-corrected chi connectivity index (χ4v) is 12.3. The first-order valence-corrected chi connectivity index (χ1v) is 25.5. The maximum Gasteiger partial charge on any atom is 0.161 e. The summed E-state index contributed by atoms with van der Waals surface area (Å²) in [6, 6.07) is 48.5. The number of nitrogens with zero attached hydrogens (tertiary/aromatic N) is 2. The van der Waals surface area contributed by atoms with E-state index in [0.717, 1.165) is 34.1 Å². The van der Waals surface area contributed by atoms with Gasteiger partial charge in [-0.05, 0) is 107 Å². The largest absolute Gasteiger partial charge is 0.368 e. The third kappa shape index (κ3) is 6.43. The highest BCUT2D eigenvalue weighted by molar-refractivity contribution is 6.80. The molecule has 0 bridgehead atoms. The van der Waals surface area contributed by atoms with E-state index in [-0.39, 0.29) is 10.1 Å². The van der Waals surface area contributed by atoms with Gasteiger partial charge in [0.1, 0.15) is 0 Å². The Balaban J connectivity index is 0.972. The van der Waals surface area contributed by atoms with Crippen molar-refractivity contribution in [2.24, 2.45) is 0 Å². The zero-order chi connectivity index (χ0) is 38.9. The number of nitrogens with one attached hydrogen (secondary N) is 3. The van der Waals surface area contributed by atoms with Gasteiger partial charge in [-0.2, -0.15) is 0 Å². The molecule has 0 saturated heterocycles. The predicted molar refractivity (Wildman–Crippen MR) is 247 cm³/mol. The van der Waals surface area contributed by atoms with Gasteiger partial charge in [0.05, 0.1) is 0 Å². The molecule has 5 nitrogen and oxygen atoms in total. The van der Waals surface area contributed by atoms with Crippen molar-refractivity contribution in [3.8, 4) is 0 Å². The van der Waals surface area contributed by atoms with Gasteiger partial charge in [-0.3, -0.25) is 0 Å². The smallest absolute Gasteiger partial charge is 0.161 e. The Morgan fingerprint density at radius 1 is 0.345 bits per heavy atom. The predicted octanol–water partition coefficient (Wildman–Crippen LogP) is 14.8. The lowest BCUT2D eigenvalue weighted by Crippen LogP contribution is -2.45. The molecule has 0 fully saturated rings. The van der Waals surface area contributed by atoms with Gasteiger partial charge in [0, 0.05) is 77.7 Å². The van der Waals surface area contributed by atoms with Crippen molar-refractivity contribution < 1.29 is 0 Å².